The van der Waals surface area contributed by atoms with Gasteiger partial charge in [-0.05, 0) is 31.2 Å². The lowest BCUT2D eigenvalue weighted by atomic mass is 10.3. The molecule has 100 valence electrons. The van der Waals surface area contributed by atoms with Gasteiger partial charge >= 0.3 is 5.97 Å². The Kier molecular flexibility index (Phi) is 5.15. The largest absolute Gasteiger partial charge is 0.468 e. The summed E-state index contributed by atoms with van der Waals surface area (Å²) < 4.78 is 30.3. The molecule has 0 fully saturated rings. The summed E-state index contributed by atoms with van der Waals surface area (Å²) in [7, 11) is -2.29. The van der Waals surface area contributed by atoms with Crippen LogP contribution in [0.2, 0.25) is 0 Å². The Morgan fingerprint density at radius 3 is 2.33 bits per heavy atom. The lowest BCUT2D eigenvalue weighted by Gasteiger charge is -2.22. The van der Waals surface area contributed by atoms with E-state index in [1.165, 1.54) is 14.0 Å². The third-order valence-electron chi connectivity index (χ3n) is 2.32. The van der Waals surface area contributed by atoms with Gasteiger partial charge in [-0.15, -0.1) is 0 Å². The molecule has 0 aromatic heterocycles. The molecule has 0 aliphatic carbocycles. The molecule has 0 atom stereocenters. The first-order valence-corrected chi connectivity index (χ1v) is 7.63. The second-order valence-electron chi connectivity index (χ2n) is 3.46. The quantitative estimate of drug-likeness (QED) is 0.769. The molecule has 7 heteroatoms. The van der Waals surface area contributed by atoms with Crippen molar-refractivity contribution in [3.05, 3.63) is 28.7 Å². The fourth-order valence-corrected chi connectivity index (χ4v) is 2.62. The van der Waals surface area contributed by atoms with Gasteiger partial charge in [-0.25, -0.2) is 8.42 Å². The number of hydrogen-bond acceptors (Lipinski definition) is 4. The Labute approximate surface area is 115 Å². The predicted molar refractivity (Wildman–Crippen MR) is 73.0 cm³/mol. The van der Waals surface area contributed by atoms with E-state index < -0.39 is 16.0 Å². The molecule has 1 aromatic carbocycles. The van der Waals surface area contributed by atoms with Crippen LogP contribution in [-0.4, -0.2) is 33.8 Å². The van der Waals surface area contributed by atoms with Crippen molar-refractivity contribution < 1.29 is 17.9 Å². The number of anilines is 1. The SMILES string of the molecule is CCS(=O)(=O)N(CC(=O)OC)c1ccc(Br)cc1. The smallest absolute Gasteiger partial charge is 0.326 e. The van der Waals surface area contributed by atoms with Crippen molar-refractivity contribution in [1.29, 1.82) is 0 Å². The summed E-state index contributed by atoms with van der Waals surface area (Å²) in [6.07, 6.45) is 0. The number of nitrogens with zero attached hydrogens (tertiary/aromatic N) is 1. The van der Waals surface area contributed by atoms with E-state index in [0.29, 0.717) is 5.69 Å². The molecule has 0 aliphatic rings. The van der Waals surface area contributed by atoms with Crippen LogP contribution >= 0.6 is 15.9 Å². The summed E-state index contributed by atoms with van der Waals surface area (Å²) >= 11 is 3.27. The number of esters is 1. The lowest BCUT2D eigenvalue weighted by Crippen LogP contribution is -2.37. The van der Waals surface area contributed by atoms with Crippen molar-refractivity contribution in [2.45, 2.75) is 6.92 Å². The molecule has 0 amide bonds. The van der Waals surface area contributed by atoms with Crippen LogP contribution in [0.1, 0.15) is 6.92 Å². The summed E-state index contributed by atoms with van der Waals surface area (Å²) in [5.41, 5.74) is 0.436. The number of carbonyl (C=O) groups is 1. The van der Waals surface area contributed by atoms with Crippen LogP contribution in [-0.2, 0) is 19.6 Å². The van der Waals surface area contributed by atoms with E-state index in [4.69, 9.17) is 0 Å². The second kappa shape index (κ2) is 6.19. The van der Waals surface area contributed by atoms with Gasteiger partial charge in [0.15, 0.2) is 0 Å². The summed E-state index contributed by atoms with van der Waals surface area (Å²) in [6.45, 7) is 1.20. The number of sulfonamides is 1. The molecule has 0 aliphatic heterocycles. The Hall–Kier alpha value is -1.08. The van der Waals surface area contributed by atoms with E-state index in [0.717, 1.165) is 8.78 Å². The minimum Gasteiger partial charge on any atom is -0.468 e. The third kappa shape index (κ3) is 3.71. The van der Waals surface area contributed by atoms with Crippen LogP contribution in [0, 0.1) is 0 Å². The standard InChI is InChI=1S/C11H14BrNO4S/c1-3-18(15,16)13(8-11(14)17-2)10-6-4-9(12)5-7-10/h4-7H,3,8H2,1-2H3. The van der Waals surface area contributed by atoms with Gasteiger partial charge in [-0.3, -0.25) is 9.10 Å². The highest BCUT2D eigenvalue weighted by atomic mass is 79.9. The molecule has 0 N–H and O–H groups in total. The van der Waals surface area contributed by atoms with Gasteiger partial charge in [-0.1, -0.05) is 15.9 Å². The zero-order valence-corrected chi connectivity index (χ0v) is 12.5. The molecule has 5 nitrogen and oxygen atoms in total. The zero-order chi connectivity index (χ0) is 13.8. The van der Waals surface area contributed by atoms with E-state index >= 15 is 0 Å². The molecule has 0 saturated carbocycles. The molecule has 0 heterocycles. The average Bonchev–Trinajstić information content (AvgIpc) is 2.36. The number of hydrogen-bond donors (Lipinski definition) is 0. The normalized spacial score (nSPS) is 11.1. The molecule has 0 spiro atoms. The Balaban J connectivity index is 3.12. The second-order valence-corrected chi connectivity index (χ2v) is 6.56. The molecule has 1 rings (SSSR count). The molecule has 0 radical (unpaired) electrons. The van der Waals surface area contributed by atoms with Crippen LogP contribution < -0.4 is 4.31 Å². The van der Waals surface area contributed by atoms with Crippen LogP contribution in [0.15, 0.2) is 28.7 Å². The van der Waals surface area contributed by atoms with E-state index in [2.05, 4.69) is 20.7 Å². The van der Waals surface area contributed by atoms with Gasteiger partial charge in [0.05, 0.1) is 18.6 Å². The van der Waals surface area contributed by atoms with Crippen LogP contribution in [0.3, 0.4) is 0 Å². The highest BCUT2D eigenvalue weighted by Gasteiger charge is 2.23. The van der Waals surface area contributed by atoms with Gasteiger partial charge in [0.2, 0.25) is 10.0 Å². The zero-order valence-electron chi connectivity index (χ0n) is 10.1. The van der Waals surface area contributed by atoms with Gasteiger partial charge < -0.3 is 4.74 Å². The maximum atomic E-state index is 11.9. The number of methoxy groups -OCH3 is 1. The van der Waals surface area contributed by atoms with Crippen molar-refractivity contribution in [2.24, 2.45) is 0 Å². The fraction of sp³-hybridized carbons (Fsp3) is 0.364. The number of ether oxygens (including phenoxy) is 1. The van der Waals surface area contributed by atoms with Gasteiger partial charge in [0, 0.05) is 4.47 Å². The monoisotopic (exact) mass is 335 g/mol. The lowest BCUT2D eigenvalue weighted by molar-refractivity contribution is -0.138. The van der Waals surface area contributed by atoms with Crippen molar-refractivity contribution in [3.8, 4) is 0 Å². The van der Waals surface area contributed by atoms with Crippen LogP contribution in [0.25, 0.3) is 0 Å². The van der Waals surface area contributed by atoms with E-state index in [-0.39, 0.29) is 12.3 Å². The van der Waals surface area contributed by atoms with Gasteiger partial charge in [0.25, 0.3) is 0 Å². The van der Waals surface area contributed by atoms with Crippen molar-refractivity contribution in [1.82, 2.24) is 0 Å². The van der Waals surface area contributed by atoms with Crippen molar-refractivity contribution in [2.75, 3.05) is 23.7 Å². The van der Waals surface area contributed by atoms with Crippen LogP contribution in [0.5, 0.6) is 0 Å². The highest BCUT2D eigenvalue weighted by molar-refractivity contribution is 9.10. The highest BCUT2D eigenvalue weighted by Crippen LogP contribution is 2.21. The Bertz CT molecular complexity index is 512. The summed E-state index contributed by atoms with van der Waals surface area (Å²) in [6, 6.07) is 6.68. The number of halogens is 1. The first-order chi connectivity index (χ1) is 8.40. The maximum absolute atomic E-state index is 11.9. The molecule has 0 unspecified atom stereocenters. The minimum atomic E-state index is -3.51. The first-order valence-electron chi connectivity index (χ1n) is 5.23. The molecule has 1 aromatic rings. The fourth-order valence-electron chi connectivity index (χ4n) is 1.30. The summed E-state index contributed by atoms with van der Waals surface area (Å²) in [5, 5.41) is 0. The molecular formula is C11H14BrNO4S. The number of benzene rings is 1. The van der Waals surface area contributed by atoms with Gasteiger partial charge in [-0.2, -0.15) is 0 Å². The minimum absolute atomic E-state index is 0.0833. The topological polar surface area (TPSA) is 63.7 Å². The Morgan fingerprint density at radius 2 is 1.89 bits per heavy atom. The van der Waals surface area contributed by atoms with Crippen molar-refractivity contribution in [3.63, 3.8) is 0 Å². The maximum Gasteiger partial charge on any atom is 0.326 e. The molecular weight excluding hydrogens is 322 g/mol. The van der Waals surface area contributed by atoms with Gasteiger partial charge in [0.1, 0.15) is 6.54 Å². The summed E-state index contributed by atoms with van der Waals surface area (Å²) in [4.78, 5) is 11.3. The molecule has 0 saturated heterocycles. The summed E-state index contributed by atoms with van der Waals surface area (Å²) in [5.74, 6) is -0.685. The number of rotatable bonds is 5. The average molecular weight is 336 g/mol. The Morgan fingerprint density at radius 1 is 1.33 bits per heavy atom. The van der Waals surface area contributed by atoms with Crippen molar-refractivity contribution >= 4 is 37.6 Å². The first kappa shape index (κ1) is 15.0. The molecule has 18 heavy (non-hydrogen) atoms. The van der Waals surface area contributed by atoms with E-state index in [9.17, 15) is 13.2 Å². The third-order valence-corrected chi connectivity index (χ3v) is 4.59. The van der Waals surface area contributed by atoms with E-state index in [1.807, 2.05) is 0 Å². The predicted octanol–water partition coefficient (Wildman–Crippen LogP) is 1.78. The number of carbonyl (C=O) groups excluding carboxylic acids is 1. The van der Waals surface area contributed by atoms with E-state index in [1.54, 1.807) is 24.3 Å². The molecule has 0 bridgehead atoms. The van der Waals surface area contributed by atoms with Crippen LogP contribution in [0.4, 0.5) is 5.69 Å².